The minimum Gasteiger partial charge on any atom is -0.329 e. The standard InChI is InChI=1S/C25H23F3N10O3/c1-14(38-13-32-20-19(38)22(40)37(10-8-29)24(41)35(20)2)21(39)34-18-7-3-5-16(33-18)15-11-30-23(31-12-15)36-9-4-6-17(36)25(26,27)28/h3,5,7,11-14,17H,4,6,9-10H2,1-2H3,(H,33,34,39). The van der Waals surface area contributed by atoms with Gasteiger partial charge in [-0.3, -0.25) is 14.2 Å². The summed E-state index contributed by atoms with van der Waals surface area (Å²) in [5, 5.41) is 11.7. The van der Waals surface area contributed by atoms with Gasteiger partial charge in [-0.15, -0.1) is 0 Å². The van der Waals surface area contributed by atoms with E-state index in [0.29, 0.717) is 17.7 Å². The minimum absolute atomic E-state index is 0.0146. The second-order valence-electron chi connectivity index (χ2n) is 9.45. The van der Waals surface area contributed by atoms with Gasteiger partial charge in [0.1, 0.15) is 24.4 Å². The Morgan fingerprint density at radius 2 is 1.95 bits per heavy atom. The van der Waals surface area contributed by atoms with Gasteiger partial charge in [0, 0.05) is 31.5 Å². The maximum absolute atomic E-state index is 13.3. The number of hydrogen-bond donors (Lipinski definition) is 1. The van der Waals surface area contributed by atoms with E-state index in [4.69, 9.17) is 5.26 Å². The van der Waals surface area contributed by atoms with Crippen molar-refractivity contribution < 1.29 is 18.0 Å². The molecule has 212 valence electrons. The van der Waals surface area contributed by atoms with Gasteiger partial charge in [0.05, 0.1) is 18.1 Å². The number of nitriles is 1. The average Bonchev–Trinajstić information content (AvgIpc) is 3.62. The van der Waals surface area contributed by atoms with Gasteiger partial charge < -0.3 is 14.8 Å². The van der Waals surface area contributed by atoms with Crippen LogP contribution in [-0.4, -0.2) is 58.3 Å². The number of nitrogens with zero attached hydrogens (tertiary/aromatic N) is 9. The van der Waals surface area contributed by atoms with Crippen molar-refractivity contribution >= 4 is 28.8 Å². The molecule has 0 spiro atoms. The Labute approximate surface area is 229 Å². The van der Waals surface area contributed by atoms with Gasteiger partial charge in [0.2, 0.25) is 11.9 Å². The van der Waals surface area contributed by atoms with E-state index in [2.05, 4.69) is 25.3 Å². The van der Waals surface area contributed by atoms with Crippen LogP contribution in [0.2, 0.25) is 0 Å². The number of amides is 1. The fraction of sp³-hybridized carbons (Fsp3) is 0.360. The van der Waals surface area contributed by atoms with E-state index in [9.17, 15) is 27.6 Å². The normalized spacial score (nSPS) is 16.1. The lowest BCUT2D eigenvalue weighted by molar-refractivity contribution is -0.146. The Morgan fingerprint density at radius 1 is 1.22 bits per heavy atom. The molecule has 1 saturated heterocycles. The molecule has 4 aromatic rings. The molecule has 0 aliphatic carbocycles. The summed E-state index contributed by atoms with van der Waals surface area (Å²) in [6, 6.07) is 3.98. The van der Waals surface area contributed by atoms with Crippen LogP contribution < -0.4 is 21.5 Å². The van der Waals surface area contributed by atoms with Gasteiger partial charge in [0.25, 0.3) is 5.56 Å². The van der Waals surface area contributed by atoms with E-state index in [-0.39, 0.29) is 35.9 Å². The highest BCUT2D eigenvalue weighted by molar-refractivity contribution is 5.93. The number of aromatic nitrogens is 7. The number of rotatable bonds is 6. The Balaban J connectivity index is 1.37. The number of anilines is 2. The summed E-state index contributed by atoms with van der Waals surface area (Å²) < 4.78 is 43.2. The van der Waals surface area contributed by atoms with Gasteiger partial charge in [0.15, 0.2) is 11.2 Å². The lowest BCUT2D eigenvalue weighted by atomic mass is 10.2. The second-order valence-corrected chi connectivity index (χ2v) is 9.45. The summed E-state index contributed by atoms with van der Waals surface area (Å²) in [5.74, 6) is -0.405. The van der Waals surface area contributed by atoms with Crippen molar-refractivity contribution in [2.45, 2.75) is 44.6 Å². The van der Waals surface area contributed by atoms with E-state index in [0.717, 1.165) is 14.0 Å². The quantitative estimate of drug-likeness (QED) is 0.367. The number of carbonyl (C=O) groups excluding carboxylic acids is 1. The first-order chi connectivity index (χ1) is 19.5. The van der Waals surface area contributed by atoms with Crippen LogP contribution >= 0.6 is 0 Å². The molecule has 13 nitrogen and oxygen atoms in total. The van der Waals surface area contributed by atoms with Gasteiger partial charge in [-0.25, -0.2) is 29.3 Å². The number of pyridine rings is 1. The highest BCUT2D eigenvalue weighted by Crippen LogP contribution is 2.34. The number of imidazole rings is 1. The molecule has 5 rings (SSSR count). The van der Waals surface area contributed by atoms with Gasteiger partial charge in [-0.05, 0) is 31.9 Å². The smallest absolute Gasteiger partial charge is 0.329 e. The molecule has 4 aromatic heterocycles. The van der Waals surface area contributed by atoms with E-state index >= 15 is 0 Å². The molecule has 0 bridgehead atoms. The Hall–Kier alpha value is -5.07. The molecule has 5 heterocycles. The lowest BCUT2D eigenvalue weighted by Gasteiger charge is -2.26. The molecule has 0 radical (unpaired) electrons. The fourth-order valence-corrected chi connectivity index (χ4v) is 4.76. The van der Waals surface area contributed by atoms with E-state index in [1.807, 2.05) is 0 Å². The summed E-state index contributed by atoms with van der Waals surface area (Å²) in [6.07, 6.45) is 0.00626. The average molecular weight is 569 g/mol. The zero-order valence-electron chi connectivity index (χ0n) is 21.8. The number of nitrogens with one attached hydrogen (secondary N) is 1. The molecular weight excluding hydrogens is 545 g/mol. The highest BCUT2D eigenvalue weighted by Gasteiger charge is 2.46. The number of halogens is 3. The van der Waals surface area contributed by atoms with Gasteiger partial charge in [-0.1, -0.05) is 6.07 Å². The number of carbonyl (C=O) groups is 1. The second kappa shape index (κ2) is 10.5. The first kappa shape index (κ1) is 27.5. The van der Waals surface area contributed by atoms with Crippen molar-refractivity contribution in [3.8, 4) is 17.3 Å². The summed E-state index contributed by atoms with van der Waals surface area (Å²) in [6.45, 7) is 1.27. The predicted octanol–water partition coefficient (Wildman–Crippen LogP) is 2.00. The van der Waals surface area contributed by atoms with E-state index in [1.54, 1.807) is 18.2 Å². The first-order valence-corrected chi connectivity index (χ1v) is 12.5. The molecule has 41 heavy (non-hydrogen) atoms. The molecule has 1 aliphatic rings. The van der Waals surface area contributed by atoms with Crippen LogP contribution in [0.1, 0.15) is 25.8 Å². The fourth-order valence-electron chi connectivity index (χ4n) is 4.76. The molecule has 0 saturated carbocycles. The molecule has 1 N–H and O–H groups in total. The SMILES string of the molecule is CC(C(=O)Nc1cccc(-c2cnc(N3CCCC3C(F)(F)F)nc2)n1)n1cnc2c1c(=O)n(CC#N)c(=O)n2C. The molecule has 1 aliphatic heterocycles. The van der Waals surface area contributed by atoms with Crippen LogP contribution in [0.25, 0.3) is 22.4 Å². The summed E-state index contributed by atoms with van der Waals surface area (Å²) in [4.78, 5) is 56.4. The van der Waals surface area contributed by atoms with Crippen LogP contribution in [0.5, 0.6) is 0 Å². The third kappa shape index (κ3) is 5.01. The van der Waals surface area contributed by atoms with Crippen molar-refractivity contribution in [1.82, 2.24) is 33.6 Å². The molecule has 2 atom stereocenters. The molecule has 16 heteroatoms. The van der Waals surface area contributed by atoms with E-state index < -0.39 is 42.0 Å². The third-order valence-corrected chi connectivity index (χ3v) is 6.91. The van der Waals surface area contributed by atoms with Crippen molar-refractivity contribution in [1.29, 1.82) is 5.26 Å². The van der Waals surface area contributed by atoms with Crippen molar-refractivity contribution in [2.75, 3.05) is 16.8 Å². The first-order valence-electron chi connectivity index (χ1n) is 12.5. The Kier molecular flexibility index (Phi) is 7.03. The monoisotopic (exact) mass is 568 g/mol. The zero-order valence-corrected chi connectivity index (χ0v) is 21.8. The summed E-state index contributed by atoms with van der Waals surface area (Å²) >= 11 is 0. The number of alkyl halides is 3. The Bertz CT molecular complexity index is 1790. The molecule has 2 unspecified atom stereocenters. The zero-order chi connectivity index (χ0) is 29.5. The van der Waals surface area contributed by atoms with Crippen LogP contribution in [0.3, 0.4) is 0 Å². The van der Waals surface area contributed by atoms with Crippen LogP contribution in [0.15, 0.2) is 46.5 Å². The highest BCUT2D eigenvalue weighted by atomic mass is 19.4. The van der Waals surface area contributed by atoms with Gasteiger partial charge >= 0.3 is 11.9 Å². The van der Waals surface area contributed by atoms with Crippen molar-refractivity contribution in [3.63, 3.8) is 0 Å². The number of fused-ring (bicyclic) bond motifs is 1. The molecular formula is C25H23F3N10O3. The largest absolute Gasteiger partial charge is 0.408 e. The maximum Gasteiger partial charge on any atom is 0.408 e. The Morgan fingerprint density at radius 3 is 2.63 bits per heavy atom. The molecule has 1 fully saturated rings. The lowest BCUT2D eigenvalue weighted by Crippen LogP contribution is -2.42. The van der Waals surface area contributed by atoms with Crippen molar-refractivity contribution in [2.24, 2.45) is 7.05 Å². The number of aryl methyl sites for hydroxylation is 1. The number of hydrogen-bond acceptors (Lipinski definition) is 9. The van der Waals surface area contributed by atoms with Gasteiger partial charge in [-0.2, -0.15) is 18.4 Å². The summed E-state index contributed by atoms with van der Waals surface area (Å²) in [5.41, 5.74) is -0.605. The minimum atomic E-state index is -4.38. The van der Waals surface area contributed by atoms with Crippen molar-refractivity contribution in [3.05, 3.63) is 57.8 Å². The van der Waals surface area contributed by atoms with E-state index in [1.165, 1.54) is 43.3 Å². The predicted molar refractivity (Wildman–Crippen MR) is 140 cm³/mol. The maximum atomic E-state index is 13.3. The molecule has 1 amide bonds. The van der Waals surface area contributed by atoms with Crippen LogP contribution in [-0.2, 0) is 18.4 Å². The third-order valence-electron chi connectivity index (χ3n) is 6.91. The molecule has 0 aromatic carbocycles. The van der Waals surface area contributed by atoms with Crippen LogP contribution in [0, 0.1) is 11.3 Å². The van der Waals surface area contributed by atoms with Crippen LogP contribution in [0.4, 0.5) is 24.9 Å². The summed E-state index contributed by atoms with van der Waals surface area (Å²) in [7, 11) is 1.41. The topological polar surface area (TPSA) is 157 Å².